The maximum atomic E-state index is 12.0. The molecular formula is C16H16N2O3S. The van der Waals surface area contributed by atoms with Crippen LogP contribution < -0.4 is 10.0 Å². The average molecular weight is 316 g/mol. The minimum atomic E-state index is -3.55. The number of benzene rings is 2. The maximum absolute atomic E-state index is 12.0. The third-order valence-corrected chi connectivity index (χ3v) is 4.32. The molecular weight excluding hydrogens is 300 g/mol. The van der Waals surface area contributed by atoms with Crippen LogP contribution in [0.15, 0.2) is 72.1 Å². The van der Waals surface area contributed by atoms with Crippen LogP contribution in [0.3, 0.4) is 0 Å². The quantitative estimate of drug-likeness (QED) is 0.804. The van der Waals surface area contributed by atoms with Gasteiger partial charge in [-0.1, -0.05) is 24.3 Å². The number of anilines is 1. The Bertz CT molecular complexity index is 754. The predicted molar refractivity (Wildman–Crippen MR) is 86.2 cm³/mol. The van der Waals surface area contributed by atoms with E-state index in [9.17, 15) is 13.2 Å². The van der Waals surface area contributed by atoms with Gasteiger partial charge in [0.2, 0.25) is 10.0 Å². The Kier molecular flexibility index (Phi) is 5.08. The van der Waals surface area contributed by atoms with Gasteiger partial charge in [0.05, 0.1) is 4.90 Å². The number of carbonyl (C=O) groups is 1. The van der Waals surface area contributed by atoms with Crippen LogP contribution in [-0.4, -0.2) is 20.9 Å². The van der Waals surface area contributed by atoms with E-state index in [1.165, 1.54) is 18.2 Å². The summed E-state index contributed by atoms with van der Waals surface area (Å²) < 4.78 is 26.2. The van der Waals surface area contributed by atoms with Crippen LogP contribution in [-0.2, 0) is 10.0 Å². The number of sulfonamides is 1. The number of rotatable bonds is 6. The Hall–Kier alpha value is -2.44. The lowest BCUT2D eigenvalue weighted by Gasteiger charge is -2.07. The number of amides is 1. The highest BCUT2D eigenvalue weighted by Crippen LogP contribution is 2.15. The Labute approximate surface area is 129 Å². The molecule has 0 heterocycles. The normalized spacial score (nSPS) is 10.9. The minimum absolute atomic E-state index is 0.132. The van der Waals surface area contributed by atoms with Gasteiger partial charge in [0.1, 0.15) is 0 Å². The molecule has 0 aliphatic heterocycles. The number of nitrogens with one attached hydrogen (secondary N) is 2. The fraction of sp³-hybridized carbons (Fsp3) is 0.0625. The second kappa shape index (κ2) is 7.02. The summed E-state index contributed by atoms with van der Waals surface area (Å²) in [6.07, 6.45) is 1.46. The van der Waals surface area contributed by atoms with Crippen LogP contribution in [0.1, 0.15) is 10.4 Å². The van der Waals surface area contributed by atoms with Crippen molar-refractivity contribution in [2.24, 2.45) is 0 Å². The molecule has 0 bridgehead atoms. The van der Waals surface area contributed by atoms with Crippen LogP contribution in [0.25, 0.3) is 0 Å². The smallest absolute Gasteiger partial charge is 0.255 e. The molecule has 0 saturated heterocycles. The molecule has 22 heavy (non-hydrogen) atoms. The lowest BCUT2D eigenvalue weighted by Crippen LogP contribution is -2.23. The molecule has 2 N–H and O–H groups in total. The van der Waals surface area contributed by atoms with Crippen molar-refractivity contribution < 1.29 is 13.2 Å². The van der Waals surface area contributed by atoms with Gasteiger partial charge in [0, 0.05) is 17.8 Å². The van der Waals surface area contributed by atoms with E-state index < -0.39 is 10.0 Å². The summed E-state index contributed by atoms with van der Waals surface area (Å²) in [5.74, 6) is -0.249. The summed E-state index contributed by atoms with van der Waals surface area (Å²) in [4.78, 5) is 12.1. The monoisotopic (exact) mass is 316 g/mol. The molecule has 0 aliphatic carbocycles. The van der Waals surface area contributed by atoms with E-state index in [1.54, 1.807) is 36.4 Å². The summed E-state index contributed by atoms with van der Waals surface area (Å²) in [5, 5.41) is 2.71. The molecule has 5 nitrogen and oxygen atoms in total. The SMILES string of the molecule is C=CCNS(=O)(=O)c1ccc(NC(=O)c2ccccc2)cc1. The van der Waals surface area contributed by atoms with E-state index in [0.717, 1.165) is 0 Å². The minimum Gasteiger partial charge on any atom is -0.322 e. The summed E-state index contributed by atoms with van der Waals surface area (Å²) in [7, 11) is -3.55. The van der Waals surface area contributed by atoms with Crippen molar-refractivity contribution in [2.75, 3.05) is 11.9 Å². The van der Waals surface area contributed by atoms with Crippen molar-refractivity contribution in [3.05, 3.63) is 72.8 Å². The predicted octanol–water partition coefficient (Wildman–Crippen LogP) is 2.40. The molecule has 6 heteroatoms. The first-order valence-electron chi connectivity index (χ1n) is 6.60. The lowest BCUT2D eigenvalue weighted by molar-refractivity contribution is 0.102. The summed E-state index contributed by atoms with van der Waals surface area (Å²) in [5.41, 5.74) is 1.06. The molecule has 0 unspecified atom stereocenters. The molecule has 1 amide bonds. The molecule has 0 saturated carbocycles. The number of hydrogen-bond acceptors (Lipinski definition) is 3. The zero-order valence-electron chi connectivity index (χ0n) is 11.8. The zero-order chi connectivity index (χ0) is 16.0. The highest BCUT2D eigenvalue weighted by molar-refractivity contribution is 7.89. The topological polar surface area (TPSA) is 75.3 Å². The van der Waals surface area contributed by atoms with E-state index in [0.29, 0.717) is 11.3 Å². The van der Waals surface area contributed by atoms with Crippen molar-refractivity contribution in [3.8, 4) is 0 Å². The van der Waals surface area contributed by atoms with Crippen molar-refractivity contribution in [3.63, 3.8) is 0 Å². The molecule has 114 valence electrons. The molecule has 0 aromatic heterocycles. The third-order valence-electron chi connectivity index (χ3n) is 2.88. The largest absolute Gasteiger partial charge is 0.322 e. The van der Waals surface area contributed by atoms with E-state index in [1.807, 2.05) is 6.07 Å². The average Bonchev–Trinajstić information content (AvgIpc) is 2.54. The fourth-order valence-electron chi connectivity index (χ4n) is 1.76. The second-order valence-corrected chi connectivity index (χ2v) is 6.25. The highest BCUT2D eigenvalue weighted by atomic mass is 32.2. The van der Waals surface area contributed by atoms with E-state index in [2.05, 4.69) is 16.6 Å². The van der Waals surface area contributed by atoms with Gasteiger partial charge in [-0.05, 0) is 36.4 Å². The Morgan fingerprint density at radius 3 is 2.27 bits per heavy atom. The van der Waals surface area contributed by atoms with Crippen molar-refractivity contribution in [1.82, 2.24) is 4.72 Å². The van der Waals surface area contributed by atoms with Crippen LogP contribution in [0.2, 0.25) is 0 Å². The lowest BCUT2D eigenvalue weighted by atomic mass is 10.2. The molecule has 0 radical (unpaired) electrons. The summed E-state index contributed by atoms with van der Waals surface area (Å²) in [6, 6.07) is 14.7. The standard InChI is InChI=1S/C16H16N2O3S/c1-2-12-17-22(20,21)15-10-8-14(9-11-15)18-16(19)13-6-4-3-5-7-13/h2-11,17H,1,12H2,(H,18,19). The first-order chi connectivity index (χ1) is 10.5. The van der Waals surface area contributed by atoms with Crippen molar-refractivity contribution in [2.45, 2.75) is 4.90 Å². The number of carbonyl (C=O) groups excluding carboxylic acids is 1. The van der Waals surface area contributed by atoms with Crippen molar-refractivity contribution in [1.29, 1.82) is 0 Å². The van der Waals surface area contributed by atoms with Gasteiger partial charge < -0.3 is 5.32 Å². The Morgan fingerprint density at radius 2 is 1.68 bits per heavy atom. The van der Waals surface area contributed by atoms with Crippen LogP contribution >= 0.6 is 0 Å². The highest BCUT2D eigenvalue weighted by Gasteiger charge is 2.12. The van der Waals surface area contributed by atoms with Gasteiger partial charge in [-0.2, -0.15) is 0 Å². The first-order valence-corrected chi connectivity index (χ1v) is 8.08. The van der Waals surface area contributed by atoms with Crippen LogP contribution in [0.5, 0.6) is 0 Å². The van der Waals surface area contributed by atoms with Crippen LogP contribution in [0, 0.1) is 0 Å². The van der Waals surface area contributed by atoms with Gasteiger partial charge in [0.25, 0.3) is 5.91 Å². The van der Waals surface area contributed by atoms with Gasteiger partial charge in [-0.3, -0.25) is 4.79 Å². The molecule has 2 aromatic carbocycles. The molecule has 0 aliphatic rings. The van der Waals surface area contributed by atoms with Gasteiger partial charge in [0.15, 0.2) is 0 Å². The number of hydrogen-bond donors (Lipinski definition) is 2. The van der Waals surface area contributed by atoms with Crippen molar-refractivity contribution >= 4 is 21.6 Å². The second-order valence-electron chi connectivity index (χ2n) is 4.49. The van der Waals surface area contributed by atoms with Gasteiger partial charge in [-0.15, -0.1) is 6.58 Å². The van der Waals surface area contributed by atoms with E-state index >= 15 is 0 Å². The van der Waals surface area contributed by atoms with Gasteiger partial charge >= 0.3 is 0 Å². The molecule has 0 spiro atoms. The van der Waals surface area contributed by atoms with Crippen LogP contribution in [0.4, 0.5) is 5.69 Å². The first kappa shape index (κ1) is 15.9. The van der Waals surface area contributed by atoms with E-state index in [-0.39, 0.29) is 17.3 Å². The summed E-state index contributed by atoms with van der Waals surface area (Å²) >= 11 is 0. The molecule has 2 aromatic rings. The fourth-order valence-corrected chi connectivity index (χ4v) is 2.76. The molecule has 2 rings (SSSR count). The maximum Gasteiger partial charge on any atom is 0.255 e. The Balaban J connectivity index is 2.09. The van der Waals surface area contributed by atoms with E-state index in [4.69, 9.17) is 0 Å². The third kappa shape index (κ3) is 4.03. The molecule has 0 fully saturated rings. The zero-order valence-corrected chi connectivity index (χ0v) is 12.6. The summed E-state index contributed by atoms with van der Waals surface area (Å²) in [6.45, 7) is 3.62. The van der Waals surface area contributed by atoms with Gasteiger partial charge in [-0.25, -0.2) is 13.1 Å². The Morgan fingerprint density at radius 1 is 1.05 bits per heavy atom. The molecule has 0 atom stereocenters.